The molecular weight excluding hydrogens is 248 g/mol. The van der Waals surface area contributed by atoms with Gasteiger partial charge in [0.25, 0.3) is 0 Å². The van der Waals surface area contributed by atoms with Crippen LogP contribution in [0.25, 0.3) is 0 Å². The Balaban J connectivity index is 2.59. The molecule has 110 valence electrons. The number of aliphatic carboxylic acids is 1. The van der Waals surface area contributed by atoms with Gasteiger partial charge in [0.05, 0.1) is 18.8 Å². The van der Waals surface area contributed by atoms with Gasteiger partial charge in [0.15, 0.2) is 0 Å². The topological polar surface area (TPSA) is 78.9 Å². The second-order valence-electron chi connectivity index (χ2n) is 6.00. The maximum atomic E-state index is 12.1. The van der Waals surface area contributed by atoms with Gasteiger partial charge in [0.2, 0.25) is 0 Å². The zero-order chi connectivity index (χ0) is 14.6. The number of carbonyl (C=O) groups is 2. The quantitative estimate of drug-likeness (QED) is 0.808. The minimum absolute atomic E-state index is 0.211. The third-order valence-electron chi connectivity index (χ3n) is 3.02. The van der Waals surface area contributed by atoms with E-state index in [0.29, 0.717) is 26.1 Å². The fourth-order valence-corrected chi connectivity index (χ4v) is 2.12. The number of hydrogen-bond acceptors (Lipinski definition) is 3. The number of amides is 2. The molecule has 1 aliphatic heterocycles. The van der Waals surface area contributed by atoms with Gasteiger partial charge in [0.1, 0.15) is 6.04 Å². The molecule has 1 saturated heterocycles. The Morgan fingerprint density at radius 1 is 1.42 bits per heavy atom. The van der Waals surface area contributed by atoms with E-state index >= 15 is 0 Å². The number of rotatable bonds is 4. The normalized spacial score (nSPS) is 20.2. The highest BCUT2D eigenvalue weighted by molar-refractivity contribution is 5.82. The van der Waals surface area contributed by atoms with E-state index in [1.165, 1.54) is 0 Å². The van der Waals surface area contributed by atoms with Crippen LogP contribution in [0, 0.1) is 5.92 Å². The Labute approximate surface area is 114 Å². The molecule has 1 aliphatic rings. The maximum Gasteiger partial charge on any atom is 0.326 e. The van der Waals surface area contributed by atoms with Crippen LogP contribution in [-0.4, -0.2) is 53.3 Å². The zero-order valence-corrected chi connectivity index (χ0v) is 12.1. The van der Waals surface area contributed by atoms with Crippen molar-refractivity contribution in [1.29, 1.82) is 0 Å². The lowest BCUT2D eigenvalue weighted by atomic mass is 10.0. The van der Waals surface area contributed by atoms with E-state index in [1.807, 2.05) is 27.7 Å². The molecule has 0 aromatic heterocycles. The maximum absolute atomic E-state index is 12.1. The number of nitrogens with one attached hydrogen (secondary N) is 1. The van der Waals surface area contributed by atoms with Crippen molar-refractivity contribution in [3.8, 4) is 0 Å². The monoisotopic (exact) mass is 272 g/mol. The Bertz CT molecular complexity index is 342. The number of morpholine rings is 1. The van der Waals surface area contributed by atoms with E-state index in [9.17, 15) is 9.59 Å². The Morgan fingerprint density at radius 2 is 2.05 bits per heavy atom. The molecule has 0 bridgehead atoms. The predicted octanol–water partition coefficient (Wildman–Crippen LogP) is 1.31. The molecule has 0 aliphatic carbocycles. The van der Waals surface area contributed by atoms with Crippen molar-refractivity contribution >= 4 is 12.0 Å². The Morgan fingerprint density at radius 3 is 2.53 bits per heavy atom. The van der Waals surface area contributed by atoms with E-state index in [4.69, 9.17) is 9.84 Å². The number of carboxylic acids is 1. The number of carbonyl (C=O) groups excluding carboxylic acids is 1. The molecule has 6 heteroatoms. The average Bonchev–Trinajstić information content (AvgIpc) is 2.25. The fourth-order valence-electron chi connectivity index (χ4n) is 2.12. The number of nitrogens with zero attached hydrogens (tertiary/aromatic N) is 1. The molecule has 0 aromatic carbocycles. The predicted molar refractivity (Wildman–Crippen MR) is 71.0 cm³/mol. The van der Waals surface area contributed by atoms with Crippen LogP contribution in [0.5, 0.6) is 0 Å². The van der Waals surface area contributed by atoms with Crippen LogP contribution in [0.15, 0.2) is 0 Å². The fraction of sp³-hybridized carbons (Fsp3) is 0.846. The van der Waals surface area contributed by atoms with Gasteiger partial charge in [-0.3, -0.25) is 0 Å². The van der Waals surface area contributed by atoms with E-state index in [2.05, 4.69) is 5.32 Å². The van der Waals surface area contributed by atoms with Crippen LogP contribution >= 0.6 is 0 Å². The highest BCUT2D eigenvalue weighted by atomic mass is 16.5. The van der Waals surface area contributed by atoms with Crippen molar-refractivity contribution in [2.24, 2.45) is 5.92 Å². The van der Waals surface area contributed by atoms with Crippen LogP contribution in [0.3, 0.4) is 0 Å². The summed E-state index contributed by atoms with van der Waals surface area (Å²) in [5.74, 6) is -0.780. The number of ether oxygens (including phenoxy) is 1. The SMILES string of the molecule is CC(C)CC(NC(=O)N1CCOC(C)(C)C1)C(=O)O. The van der Waals surface area contributed by atoms with Gasteiger partial charge in [0, 0.05) is 6.54 Å². The summed E-state index contributed by atoms with van der Waals surface area (Å²) < 4.78 is 5.52. The third-order valence-corrected chi connectivity index (χ3v) is 3.02. The first kappa shape index (κ1) is 15.8. The molecular formula is C13H24N2O4. The Hall–Kier alpha value is -1.30. The zero-order valence-electron chi connectivity index (χ0n) is 12.1. The van der Waals surface area contributed by atoms with Crippen molar-refractivity contribution in [3.05, 3.63) is 0 Å². The first-order valence-corrected chi connectivity index (χ1v) is 6.63. The van der Waals surface area contributed by atoms with E-state index in [-0.39, 0.29) is 17.6 Å². The molecule has 1 unspecified atom stereocenters. The summed E-state index contributed by atoms with van der Waals surface area (Å²) in [6.07, 6.45) is 0.425. The van der Waals surface area contributed by atoms with Crippen LogP contribution in [0.1, 0.15) is 34.1 Å². The molecule has 0 spiro atoms. The van der Waals surface area contributed by atoms with Gasteiger partial charge in [-0.25, -0.2) is 9.59 Å². The van der Waals surface area contributed by atoms with Crippen molar-refractivity contribution in [3.63, 3.8) is 0 Å². The van der Waals surface area contributed by atoms with Crippen LogP contribution < -0.4 is 5.32 Å². The molecule has 2 amide bonds. The van der Waals surface area contributed by atoms with Crippen molar-refractivity contribution in [1.82, 2.24) is 10.2 Å². The van der Waals surface area contributed by atoms with E-state index in [0.717, 1.165) is 0 Å². The first-order chi connectivity index (χ1) is 8.71. The van der Waals surface area contributed by atoms with Crippen LogP contribution in [-0.2, 0) is 9.53 Å². The summed E-state index contributed by atoms with van der Waals surface area (Å²) in [7, 11) is 0. The van der Waals surface area contributed by atoms with Crippen LogP contribution in [0.4, 0.5) is 4.79 Å². The van der Waals surface area contributed by atoms with Gasteiger partial charge in [-0.1, -0.05) is 13.8 Å². The van der Waals surface area contributed by atoms with Crippen molar-refractivity contribution in [2.45, 2.75) is 45.8 Å². The highest BCUT2D eigenvalue weighted by Crippen LogP contribution is 2.16. The standard InChI is InChI=1S/C13H24N2O4/c1-9(2)7-10(11(16)17)14-12(18)15-5-6-19-13(3,4)8-15/h9-10H,5-8H2,1-4H3,(H,14,18)(H,16,17). The molecule has 19 heavy (non-hydrogen) atoms. The summed E-state index contributed by atoms with van der Waals surface area (Å²) in [5, 5.41) is 11.7. The molecule has 0 aromatic rings. The summed E-state index contributed by atoms with van der Waals surface area (Å²) in [6.45, 7) is 9.11. The number of carboxylic acid groups (broad SMARTS) is 1. The number of urea groups is 1. The first-order valence-electron chi connectivity index (χ1n) is 6.63. The van der Waals surface area contributed by atoms with Gasteiger partial charge in [-0.2, -0.15) is 0 Å². The van der Waals surface area contributed by atoms with Crippen LogP contribution in [0.2, 0.25) is 0 Å². The smallest absolute Gasteiger partial charge is 0.326 e. The van der Waals surface area contributed by atoms with Gasteiger partial charge in [-0.05, 0) is 26.2 Å². The minimum atomic E-state index is -0.991. The van der Waals surface area contributed by atoms with E-state index < -0.39 is 12.0 Å². The largest absolute Gasteiger partial charge is 0.480 e. The lowest BCUT2D eigenvalue weighted by molar-refractivity contribution is -0.139. The second kappa shape index (κ2) is 6.23. The molecule has 0 saturated carbocycles. The Kier molecular flexibility index (Phi) is 5.17. The molecule has 6 nitrogen and oxygen atoms in total. The molecule has 1 fully saturated rings. The molecule has 1 atom stereocenters. The van der Waals surface area contributed by atoms with Gasteiger partial charge < -0.3 is 20.1 Å². The summed E-state index contributed by atoms with van der Waals surface area (Å²) in [4.78, 5) is 24.8. The highest BCUT2D eigenvalue weighted by Gasteiger charge is 2.31. The number of hydrogen-bond donors (Lipinski definition) is 2. The summed E-state index contributed by atoms with van der Waals surface area (Å²) in [6, 6.07) is -1.16. The molecule has 1 rings (SSSR count). The molecule has 0 radical (unpaired) electrons. The second-order valence-corrected chi connectivity index (χ2v) is 6.00. The average molecular weight is 272 g/mol. The van der Waals surface area contributed by atoms with E-state index in [1.54, 1.807) is 4.90 Å². The minimum Gasteiger partial charge on any atom is -0.480 e. The lowest BCUT2D eigenvalue weighted by Gasteiger charge is -2.38. The summed E-state index contributed by atoms with van der Waals surface area (Å²) >= 11 is 0. The molecule has 1 heterocycles. The lowest BCUT2D eigenvalue weighted by Crippen LogP contribution is -2.56. The van der Waals surface area contributed by atoms with Crippen molar-refractivity contribution in [2.75, 3.05) is 19.7 Å². The molecule has 2 N–H and O–H groups in total. The summed E-state index contributed by atoms with van der Waals surface area (Å²) in [5.41, 5.74) is -0.383. The van der Waals surface area contributed by atoms with Gasteiger partial charge in [-0.15, -0.1) is 0 Å². The van der Waals surface area contributed by atoms with Gasteiger partial charge >= 0.3 is 12.0 Å². The third kappa shape index (κ3) is 5.06. The van der Waals surface area contributed by atoms with Crippen molar-refractivity contribution < 1.29 is 19.4 Å².